The number of nitrogen functional groups attached to an aromatic ring is 1. The van der Waals surface area contributed by atoms with Crippen LogP contribution in [0.1, 0.15) is 13.8 Å². The van der Waals surface area contributed by atoms with Gasteiger partial charge in [-0.3, -0.25) is 0 Å². The molecule has 0 aliphatic heterocycles. The molecule has 1 aromatic rings. The van der Waals surface area contributed by atoms with Gasteiger partial charge < -0.3 is 25.6 Å². The minimum absolute atomic E-state index is 0.208. The van der Waals surface area contributed by atoms with Gasteiger partial charge in [0.1, 0.15) is 18.5 Å². The Morgan fingerprint density at radius 2 is 1.89 bits per heavy atom. The maximum atomic E-state index is 9.86. The van der Waals surface area contributed by atoms with Gasteiger partial charge in [-0.15, -0.1) is 0 Å². The van der Waals surface area contributed by atoms with Gasteiger partial charge in [0.2, 0.25) is 0 Å². The van der Waals surface area contributed by atoms with Crippen molar-refractivity contribution < 1.29 is 14.9 Å². The fourth-order valence-electron chi connectivity index (χ4n) is 1.89. The van der Waals surface area contributed by atoms with Gasteiger partial charge in [-0.1, -0.05) is 0 Å². The molecule has 0 aromatic heterocycles. The molecule has 0 saturated carbocycles. The van der Waals surface area contributed by atoms with Crippen molar-refractivity contribution in [3.63, 3.8) is 0 Å². The van der Waals surface area contributed by atoms with E-state index in [1.807, 2.05) is 11.9 Å². The first-order valence-electron chi connectivity index (χ1n) is 6.33. The van der Waals surface area contributed by atoms with E-state index in [0.717, 1.165) is 0 Å². The maximum Gasteiger partial charge on any atom is 0.119 e. The molecule has 0 radical (unpaired) electrons. The summed E-state index contributed by atoms with van der Waals surface area (Å²) in [5.74, 6) is 0.679. The summed E-state index contributed by atoms with van der Waals surface area (Å²) in [6.07, 6.45) is -0.607. The minimum Gasteiger partial charge on any atom is -0.491 e. The van der Waals surface area contributed by atoms with E-state index < -0.39 is 11.7 Å². The Kier molecular flexibility index (Phi) is 5.60. The molecule has 0 saturated heterocycles. The molecular weight excluding hydrogens is 244 g/mol. The number of anilines is 1. The highest BCUT2D eigenvalue weighted by atomic mass is 16.5. The summed E-state index contributed by atoms with van der Waals surface area (Å²) >= 11 is 0. The van der Waals surface area contributed by atoms with E-state index in [-0.39, 0.29) is 6.61 Å². The van der Waals surface area contributed by atoms with Crippen LogP contribution < -0.4 is 10.5 Å². The second kappa shape index (κ2) is 6.75. The summed E-state index contributed by atoms with van der Waals surface area (Å²) < 4.78 is 5.46. The van der Waals surface area contributed by atoms with Crippen LogP contribution in [0, 0.1) is 0 Å². The number of benzene rings is 1. The lowest BCUT2D eigenvalue weighted by Crippen LogP contribution is -2.41. The van der Waals surface area contributed by atoms with Crippen LogP contribution in [0.2, 0.25) is 0 Å². The first-order valence-corrected chi connectivity index (χ1v) is 6.33. The molecule has 0 aliphatic rings. The van der Waals surface area contributed by atoms with Crippen molar-refractivity contribution in [3.05, 3.63) is 24.3 Å². The molecule has 0 aliphatic carbocycles. The molecule has 1 rings (SSSR count). The van der Waals surface area contributed by atoms with Crippen LogP contribution in [-0.4, -0.2) is 53.6 Å². The number of hydrogen-bond acceptors (Lipinski definition) is 5. The molecule has 0 spiro atoms. The first-order chi connectivity index (χ1) is 8.76. The lowest BCUT2D eigenvalue weighted by molar-refractivity contribution is 0.0194. The van der Waals surface area contributed by atoms with Crippen LogP contribution in [-0.2, 0) is 0 Å². The van der Waals surface area contributed by atoms with Crippen molar-refractivity contribution in [2.24, 2.45) is 0 Å². The van der Waals surface area contributed by atoms with Gasteiger partial charge in [0.15, 0.2) is 0 Å². The SMILES string of the molecule is CN(CC(O)COc1ccc(N)cc1)CC(C)(C)O. The third-order valence-corrected chi connectivity index (χ3v) is 2.50. The average molecular weight is 268 g/mol. The Bertz CT molecular complexity index is 373. The van der Waals surface area contributed by atoms with Gasteiger partial charge in [-0.25, -0.2) is 0 Å². The molecule has 5 nitrogen and oxygen atoms in total. The summed E-state index contributed by atoms with van der Waals surface area (Å²) in [4.78, 5) is 1.87. The molecule has 0 amide bonds. The summed E-state index contributed by atoms with van der Waals surface area (Å²) in [5, 5.41) is 19.5. The molecule has 1 aromatic carbocycles. The van der Waals surface area contributed by atoms with Crippen molar-refractivity contribution in [1.82, 2.24) is 4.90 Å². The van der Waals surface area contributed by atoms with E-state index in [0.29, 0.717) is 24.5 Å². The molecule has 0 heterocycles. The summed E-state index contributed by atoms with van der Waals surface area (Å²) in [6, 6.07) is 7.04. The van der Waals surface area contributed by atoms with Gasteiger partial charge in [-0.05, 0) is 45.2 Å². The molecule has 0 fully saturated rings. The second-order valence-electron chi connectivity index (χ2n) is 5.54. The number of hydrogen-bond donors (Lipinski definition) is 3. The van der Waals surface area contributed by atoms with Crippen molar-refractivity contribution in [3.8, 4) is 5.75 Å². The molecule has 4 N–H and O–H groups in total. The Morgan fingerprint density at radius 1 is 1.32 bits per heavy atom. The molecule has 1 atom stereocenters. The summed E-state index contributed by atoms with van der Waals surface area (Å²) in [6.45, 7) is 4.62. The van der Waals surface area contributed by atoms with Crippen LogP contribution in [0.4, 0.5) is 5.69 Å². The lowest BCUT2D eigenvalue weighted by atomic mass is 10.1. The lowest BCUT2D eigenvalue weighted by Gasteiger charge is -2.27. The third-order valence-electron chi connectivity index (χ3n) is 2.50. The van der Waals surface area contributed by atoms with E-state index in [1.54, 1.807) is 38.1 Å². The molecule has 5 heteroatoms. The van der Waals surface area contributed by atoms with Gasteiger partial charge in [0, 0.05) is 18.8 Å². The van der Waals surface area contributed by atoms with Crippen LogP contribution >= 0.6 is 0 Å². The number of likely N-dealkylation sites (N-methyl/N-ethyl adjacent to an activating group) is 1. The number of ether oxygens (including phenoxy) is 1. The quantitative estimate of drug-likeness (QED) is 0.635. The number of rotatable bonds is 7. The molecule has 0 bridgehead atoms. The van der Waals surface area contributed by atoms with E-state index in [2.05, 4.69) is 0 Å². The number of aliphatic hydroxyl groups is 2. The Morgan fingerprint density at radius 3 is 2.42 bits per heavy atom. The highest BCUT2D eigenvalue weighted by Crippen LogP contribution is 2.13. The van der Waals surface area contributed by atoms with Crippen molar-refractivity contribution in [2.45, 2.75) is 25.6 Å². The molecule has 19 heavy (non-hydrogen) atoms. The topological polar surface area (TPSA) is 79.0 Å². The Labute approximate surface area is 114 Å². The maximum absolute atomic E-state index is 9.86. The first kappa shape index (κ1) is 15.8. The monoisotopic (exact) mass is 268 g/mol. The van der Waals surface area contributed by atoms with Gasteiger partial charge in [0.25, 0.3) is 0 Å². The smallest absolute Gasteiger partial charge is 0.119 e. The van der Waals surface area contributed by atoms with Crippen LogP contribution in [0.3, 0.4) is 0 Å². The largest absolute Gasteiger partial charge is 0.491 e. The van der Waals surface area contributed by atoms with E-state index in [1.165, 1.54) is 0 Å². The van der Waals surface area contributed by atoms with Crippen LogP contribution in [0.15, 0.2) is 24.3 Å². The highest BCUT2D eigenvalue weighted by molar-refractivity contribution is 5.41. The fraction of sp³-hybridized carbons (Fsp3) is 0.571. The zero-order valence-corrected chi connectivity index (χ0v) is 11.8. The van der Waals surface area contributed by atoms with Gasteiger partial charge in [0.05, 0.1) is 5.60 Å². The normalized spacial score (nSPS) is 13.6. The van der Waals surface area contributed by atoms with E-state index >= 15 is 0 Å². The molecule has 108 valence electrons. The van der Waals surface area contributed by atoms with E-state index in [9.17, 15) is 10.2 Å². The fourth-order valence-corrected chi connectivity index (χ4v) is 1.89. The van der Waals surface area contributed by atoms with Crippen LogP contribution in [0.25, 0.3) is 0 Å². The average Bonchev–Trinajstić information content (AvgIpc) is 2.25. The molecule has 1 unspecified atom stereocenters. The molecular formula is C14H24N2O3. The summed E-state index contributed by atoms with van der Waals surface area (Å²) in [7, 11) is 1.85. The summed E-state index contributed by atoms with van der Waals surface area (Å²) in [5.41, 5.74) is 5.48. The third kappa shape index (κ3) is 7.00. The predicted molar refractivity (Wildman–Crippen MR) is 76.2 cm³/mol. The zero-order valence-electron chi connectivity index (χ0n) is 11.8. The second-order valence-corrected chi connectivity index (χ2v) is 5.54. The minimum atomic E-state index is -0.772. The van der Waals surface area contributed by atoms with Crippen LogP contribution in [0.5, 0.6) is 5.75 Å². The Balaban J connectivity index is 2.31. The number of aliphatic hydroxyl groups excluding tert-OH is 1. The number of nitrogens with zero attached hydrogens (tertiary/aromatic N) is 1. The predicted octanol–water partition coefficient (Wildman–Crippen LogP) is 0.711. The van der Waals surface area contributed by atoms with Crippen molar-refractivity contribution in [2.75, 3.05) is 32.5 Å². The van der Waals surface area contributed by atoms with Gasteiger partial charge >= 0.3 is 0 Å². The number of nitrogens with two attached hydrogens (primary N) is 1. The van der Waals surface area contributed by atoms with Crippen molar-refractivity contribution in [1.29, 1.82) is 0 Å². The highest BCUT2D eigenvalue weighted by Gasteiger charge is 2.17. The van der Waals surface area contributed by atoms with Gasteiger partial charge in [-0.2, -0.15) is 0 Å². The van der Waals surface area contributed by atoms with E-state index in [4.69, 9.17) is 10.5 Å². The zero-order chi connectivity index (χ0) is 14.5. The Hall–Kier alpha value is -1.30. The standard InChI is InChI=1S/C14H24N2O3/c1-14(2,18)10-16(3)8-12(17)9-19-13-6-4-11(15)5-7-13/h4-7,12,17-18H,8-10,15H2,1-3H3. The van der Waals surface area contributed by atoms with Crippen molar-refractivity contribution >= 4 is 5.69 Å².